The highest BCUT2D eigenvalue weighted by Crippen LogP contribution is 2.25. The molecule has 8 heteroatoms. The summed E-state index contributed by atoms with van der Waals surface area (Å²) < 4.78 is 10.7. The van der Waals surface area contributed by atoms with Crippen LogP contribution in [0.4, 0.5) is 5.88 Å². The summed E-state index contributed by atoms with van der Waals surface area (Å²) >= 11 is 0. The largest absolute Gasteiger partial charge is 0.497 e. The Morgan fingerprint density at radius 3 is 2.59 bits per heavy atom. The number of nitriles is 1. The predicted octanol–water partition coefficient (Wildman–Crippen LogP) is 2.88. The summed E-state index contributed by atoms with van der Waals surface area (Å²) in [5, 5.41) is 12.0. The van der Waals surface area contributed by atoms with Gasteiger partial charge in [-0.15, -0.1) is 0 Å². The molecule has 2 amide bonds. The van der Waals surface area contributed by atoms with Gasteiger partial charge in [0, 0.05) is 38.2 Å². The molecule has 2 aromatic rings. The molecule has 8 nitrogen and oxygen atoms in total. The topological polar surface area (TPSA) is 98.8 Å². The fourth-order valence-electron chi connectivity index (χ4n) is 3.80. The van der Waals surface area contributed by atoms with Crippen molar-refractivity contribution in [3.63, 3.8) is 0 Å². The van der Waals surface area contributed by atoms with E-state index in [0.717, 1.165) is 29.8 Å². The number of aryl methyl sites for hydroxylation is 2. The van der Waals surface area contributed by atoms with Gasteiger partial charge in [-0.1, -0.05) is 12.1 Å². The Kier molecular flexibility index (Phi) is 7.90. The first-order valence-corrected chi connectivity index (χ1v) is 10.8. The van der Waals surface area contributed by atoms with E-state index in [4.69, 9.17) is 9.15 Å². The van der Waals surface area contributed by atoms with Crippen molar-refractivity contribution in [2.45, 2.75) is 33.1 Å². The zero-order chi connectivity index (χ0) is 23.1. The highest BCUT2D eigenvalue weighted by atomic mass is 16.5. The first-order valence-electron chi connectivity index (χ1n) is 10.8. The van der Waals surface area contributed by atoms with Gasteiger partial charge in [-0.25, -0.2) is 0 Å². The maximum absolute atomic E-state index is 12.7. The van der Waals surface area contributed by atoms with E-state index in [1.54, 1.807) is 21.0 Å². The van der Waals surface area contributed by atoms with E-state index in [0.29, 0.717) is 43.8 Å². The molecule has 1 aromatic heterocycles. The van der Waals surface area contributed by atoms with Crippen LogP contribution in [-0.4, -0.2) is 61.4 Å². The standard InChI is InChI=1S/C24H30N4O4/c1-17-18(2)32-24(21(17)15-25)26-22(29)16-27-11-4-12-28(14-13-27)23(30)10-7-19-5-8-20(31-3)9-6-19/h5-6,8-9H,4,7,10-14,16H2,1-3H3,(H,26,29). The molecule has 1 aliphatic heterocycles. The molecule has 170 valence electrons. The third-order valence-electron chi connectivity index (χ3n) is 5.85. The summed E-state index contributed by atoms with van der Waals surface area (Å²) in [6.45, 7) is 6.40. The predicted molar refractivity (Wildman–Crippen MR) is 120 cm³/mol. The molecule has 0 aliphatic carbocycles. The lowest BCUT2D eigenvalue weighted by atomic mass is 10.1. The zero-order valence-electron chi connectivity index (χ0n) is 18.9. The van der Waals surface area contributed by atoms with Gasteiger partial charge >= 0.3 is 0 Å². The molecule has 2 heterocycles. The number of amides is 2. The molecule has 1 N–H and O–H groups in total. The van der Waals surface area contributed by atoms with Gasteiger partial charge in [-0.3, -0.25) is 19.8 Å². The smallest absolute Gasteiger partial charge is 0.240 e. The number of carbonyl (C=O) groups is 2. The molecule has 1 saturated heterocycles. The minimum atomic E-state index is -0.227. The molecule has 3 rings (SSSR count). The van der Waals surface area contributed by atoms with E-state index in [1.165, 1.54) is 0 Å². The van der Waals surface area contributed by atoms with Gasteiger partial charge < -0.3 is 14.1 Å². The van der Waals surface area contributed by atoms with E-state index < -0.39 is 0 Å². The number of anilines is 1. The number of ether oxygens (including phenoxy) is 1. The number of nitrogens with zero attached hydrogens (tertiary/aromatic N) is 3. The van der Waals surface area contributed by atoms with Gasteiger partial charge in [0.05, 0.1) is 13.7 Å². The average molecular weight is 439 g/mol. The number of furan rings is 1. The molecule has 0 radical (unpaired) electrons. The van der Waals surface area contributed by atoms with Crippen LogP contribution in [0.1, 0.15) is 35.3 Å². The van der Waals surface area contributed by atoms with E-state index in [1.807, 2.05) is 34.1 Å². The Labute approximate surface area is 188 Å². The van der Waals surface area contributed by atoms with Crippen LogP contribution in [-0.2, 0) is 16.0 Å². The molecule has 1 aromatic carbocycles. The molecular weight excluding hydrogens is 408 g/mol. The molecule has 0 saturated carbocycles. The van der Waals surface area contributed by atoms with Crippen LogP contribution in [0.3, 0.4) is 0 Å². The molecule has 1 aliphatic rings. The van der Waals surface area contributed by atoms with Gasteiger partial charge in [0.2, 0.25) is 17.7 Å². The Morgan fingerprint density at radius 1 is 1.16 bits per heavy atom. The van der Waals surface area contributed by atoms with Gasteiger partial charge in [0.1, 0.15) is 23.1 Å². The van der Waals surface area contributed by atoms with Crippen molar-refractivity contribution in [1.29, 1.82) is 5.26 Å². The summed E-state index contributed by atoms with van der Waals surface area (Å²) in [7, 11) is 1.63. The normalized spacial score (nSPS) is 14.5. The summed E-state index contributed by atoms with van der Waals surface area (Å²) in [6.07, 6.45) is 1.96. The van der Waals surface area contributed by atoms with Gasteiger partial charge in [0.25, 0.3) is 0 Å². The lowest BCUT2D eigenvalue weighted by Gasteiger charge is -2.21. The van der Waals surface area contributed by atoms with Crippen molar-refractivity contribution in [3.8, 4) is 11.8 Å². The number of benzene rings is 1. The highest BCUT2D eigenvalue weighted by molar-refractivity contribution is 5.92. The molecule has 0 unspecified atom stereocenters. The van der Waals surface area contributed by atoms with Crippen molar-refractivity contribution in [2.24, 2.45) is 0 Å². The number of rotatable bonds is 7. The summed E-state index contributed by atoms with van der Waals surface area (Å²) in [4.78, 5) is 29.1. The van der Waals surface area contributed by atoms with Crippen molar-refractivity contribution < 1.29 is 18.7 Å². The number of hydrogen-bond donors (Lipinski definition) is 1. The maximum atomic E-state index is 12.7. The molecule has 32 heavy (non-hydrogen) atoms. The van der Waals surface area contributed by atoms with Crippen LogP contribution in [0.2, 0.25) is 0 Å². The minimum absolute atomic E-state index is 0.132. The summed E-state index contributed by atoms with van der Waals surface area (Å²) in [6, 6.07) is 9.85. The van der Waals surface area contributed by atoms with Crippen LogP contribution in [0, 0.1) is 25.2 Å². The third-order valence-corrected chi connectivity index (χ3v) is 5.85. The van der Waals surface area contributed by atoms with Crippen LogP contribution in [0.5, 0.6) is 5.75 Å². The van der Waals surface area contributed by atoms with Crippen molar-refractivity contribution in [2.75, 3.05) is 45.2 Å². The second-order valence-electron chi connectivity index (χ2n) is 8.01. The Bertz CT molecular complexity index is 991. The van der Waals surface area contributed by atoms with Gasteiger partial charge in [-0.05, 0) is 44.4 Å². The molecular formula is C24H30N4O4. The zero-order valence-corrected chi connectivity index (χ0v) is 18.9. The number of carbonyl (C=O) groups excluding carboxylic acids is 2. The quantitative estimate of drug-likeness (QED) is 0.714. The first-order chi connectivity index (χ1) is 15.4. The number of nitrogens with one attached hydrogen (secondary N) is 1. The van der Waals surface area contributed by atoms with E-state index in [2.05, 4.69) is 11.4 Å². The van der Waals surface area contributed by atoms with E-state index in [9.17, 15) is 14.9 Å². The summed E-state index contributed by atoms with van der Waals surface area (Å²) in [5.74, 6) is 1.54. The van der Waals surface area contributed by atoms with Crippen molar-refractivity contribution in [1.82, 2.24) is 9.80 Å². The molecule has 1 fully saturated rings. The summed E-state index contributed by atoms with van der Waals surface area (Å²) in [5.41, 5.74) is 2.20. The van der Waals surface area contributed by atoms with E-state index >= 15 is 0 Å². The monoisotopic (exact) mass is 438 g/mol. The fraction of sp³-hybridized carbons (Fsp3) is 0.458. The highest BCUT2D eigenvalue weighted by Gasteiger charge is 2.22. The number of methoxy groups -OCH3 is 1. The number of hydrogen-bond acceptors (Lipinski definition) is 6. The van der Waals surface area contributed by atoms with Crippen LogP contribution in [0.15, 0.2) is 28.7 Å². The van der Waals surface area contributed by atoms with Gasteiger partial charge in [0.15, 0.2) is 0 Å². The first kappa shape index (κ1) is 23.4. The molecule has 0 atom stereocenters. The Balaban J connectivity index is 1.47. The van der Waals surface area contributed by atoms with Crippen LogP contribution in [0.25, 0.3) is 0 Å². The second-order valence-corrected chi connectivity index (χ2v) is 8.01. The maximum Gasteiger partial charge on any atom is 0.240 e. The minimum Gasteiger partial charge on any atom is -0.497 e. The lowest BCUT2D eigenvalue weighted by molar-refractivity contribution is -0.131. The van der Waals surface area contributed by atoms with Gasteiger partial charge in [-0.2, -0.15) is 5.26 Å². The Morgan fingerprint density at radius 2 is 1.91 bits per heavy atom. The van der Waals surface area contributed by atoms with Crippen LogP contribution < -0.4 is 10.1 Å². The van der Waals surface area contributed by atoms with E-state index in [-0.39, 0.29) is 24.2 Å². The van der Waals surface area contributed by atoms with Crippen molar-refractivity contribution in [3.05, 3.63) is 46.7 Å². The van der Waals surface area contributed by atoms with Crippen LogP contribution >= 0.6 is 0 Å². The molecule has 0 bridgehead atoms. The van der Waals surface area contributed by atoms with Crippen molar-refractivity contribution >= 4 is 17.7 Å². The second kappa shape index (κ2) is 10.8. The lowest BCUT2D eigenvalue weighted by Crippen LogP contribution is -2.38. The SMILES string of the molecule is COc1ccc(CCC(=O)N2CCCN(CC(=O)Nc3oc(C)c(C)c3C#N)CC2)cc1. The molecule has 0 spiro atoms. The average Bonchev–Trinajstić information content (AvgIpc) is 2.94. The Hall–Kier alpha value is -3.31. The fourth-order valence-corrected chi connectivity index (χ4v) is 3.80. The third kappa shape index (κ3) is 5.89.